The van der Waals surface area contributed by atoms with Crippen LogP contribution in [-0.4, -0.2) is 5.91 Å². The monoisotopic (exact) mass is 154 g/mol. The van der Waals surface area contributed by atoms with Crippen LogP contribution in [0.1, 0.15) is 27.2 Å². The molecule has 0 aromatic heterocycles. The minimum absolute atomic E-state index is 0.0393. The van der Waals surface area contributed by atoms with Gasteiger partial charge in [-0.2, -0.15) is 0 Å². The van der Waals surface area contributed by atoms with E-state index in [1.54, 1.807) is 0 Å². The van der Waals surface area contributed by atoms with Crippen molar-refractivity contribution in [3.63, 3.8) is 0 Å². The van der Waals surface area contributed by atoms with Gasteiger partial charge in [0.25, 0.3) is 0 Å². The van der Waals surface area contributed by atoms with E-state index in [0.717, 1.165) is 5.57 Å². The highest BCUT2D eigenvalue weighted by atomic mass is 16.2. The van der Waals surface area contributed by atoms with Gasteiger partial charge in [-0.1, -0.05) is 20.8 Å². The molecule has 0 fully saturated rings. The molecule has 62 valence electrons. The average Bonchev–Trinajstić information content (AvgIpc) is 1.86. The molecule has 0 aromatic rings. The first-order valence-electron chi connectivity index (χ1n) is 3.74. The summed E-state index contributed by atoms with van der Waals surface area (Å²) in [6.07, 6.45) is 2.37. The molecule has 1 aliphatic heterocycles. The van der Waals surface area contributed by atoms with Gasteiger partial charge in [-0.05, 0) is 11.0 Å². The minimum Gasteiger partial charge on any atom is -0.306 e. The van der Waals surface area contributed by atoms with Crippen molar-refractivity contribution >= 4 is 5.91 Å². The van der Waals surface area contributed by atoms with Crippen LogP contribution in [-0.2, 0) is 4.79 Å². The number of hydrazine groups is 1. The van der Waals surface area contributed by atoms with Crippen LogP contribution in [0.25, 0.3) is 0 Å². The smallest absolute Gasteiger partial charge is 0.242 e. The molecule has 2 N–H and O–H groups in total. The van der Waals surface area contributed by atoms with Crippen LogP contribution in [0.2, 0.25) is 0 Å². The number of hydrogen-bond donors (Lipinski definition) is 2. The van der Waals surface area contributed by atoms with Gasteiger partial charge in [0, 0.05) is 6.20 Å². The number of carbonyl (C=O) groups is 1. The van der Waals surface area contributed by atoms with Gasteiger partial charge in [-0.3, -0.25) is 10.2 Å². The van der Waals surface area contributed by atoms with E-state index in [2.05, 4.69) is 31.6 Å². The van der Waals surface area contributed by atoms with Crippen LogP contribution in [0, 0.1) is 5.41 Å². The first-order chi connectivity index (χ1) is 5.00. The lowest BCUT2D eigenvalue weighted by Gasteiger charge is -2.25. The maximum Gasteiger partial charge on any atom is 0.242 e. The van der Waals surface area contributed by atoms with Gasteiger partial charge in [-0.25, -0.2) is 0 Å². The predicted octanol–water partition coefficient (Wildman–Crippen LogP) is 0.941. The van der Waals surface area contributed by atoms with E-state index in [0.29, 0.717) is 6.42 Å². The van der Waals surface area contributed by atoms with Crippen molar-refractivity contribution in [2.24, 2.45) is 5.41 Å². The molecule has 0 bridgehead atoms. The van der Waals surface area contributed by atoms with Crippen molar-refractivity contribution in [3.8, 4) is 0 Å². The molecule has 0 aromatic carbocycles. The number of hydrogen-bond acceptors (Lipinski definition) is 2. The van der Waals surface area contributed by atoms with E-state index in [1.807, 2.05) is 6.20 Å². The zero-order valence-electron chi connectivity index (χ0n) is 7.19. The summed E-state index contributed by atoms with van der Waals surface area (Å²) in [5.41, 5.74) is 6.48. The maximum atomic E-state index is 10.9. The van der Waals surface area contributed by atoms with Gasteiger partial charge in [0.15, 0.2) is 0 Å². The third kappa shape index (κ3) is 1.97. The molecule has 0 saturated carbocycles. The molecule has 1 aliphatic rings. The predicted molar refractivity (Wildman–Crippen MR) is 43.4 cm³/mol. The maximum absolute atomic E-state index is 10.9. The fourth-order valence-corrected chi connectivity index (χ4v) is 0.954. The summed E-state index contributed by atoms with van der Waals surface area (Å²) in [5, 5.41) is 0. The second-order valence-corrected chi connectivity index (χ2v) is 3.79. The van der Waals surface area contributed by atoms with Crippen molar-refractivity contribution < 1.29 is 4.79 Å². The Morgan fingerprint density at radius 1 is 1.45 bits per heavy atom. The molecule has 0 saturated heterocycles. The molecular weight excluding hydrogens is 140 g/mol. The van der Waals surface area contributed by atoms with Crippen molar-refractivity contribution in [1.82, 2.24) is 10.9 Å². The molecule has 1 heterocycles. The highest BCUT2D eigenvalue weighted by molar-refractivity contribution is 5.79. The fourth-order valence-electron chi connectivity index (χ4n) is 0.954. The first kappa shape index (κ1) is 8.11. The average molecular weight is 154 g/mol. The number of nitrogens with one attached hydrogen (secondary N) is 2. The zero-order chi connectivity index (χ0) is 8.48. The number of rotatable bonds is 0. The molecule has 0 spiro atoms. The van der Waals surface area contributed by atoms with Crippen molar-refractivity contribution in [3.05, 3.63) is 11.8 Å². The largest absolute Gasteiger partial charge is 0.306 e. The van der Waals surface area contributed by atoms with Gasteiger partial charge >= 0.3 is 0 Å². The first-order valence-corrected chi connectivity index (χ1v) is 3.74. The highest BCUT2D eigenvalue weighted by Crippen LogP contribution is 2.27. The topological polar surface area (TPSA) is 41.1 Å². The second-order valence-electron chi connectivity index (χ2n) is 3.79. The van der Waals surface area contributed by atoms with Gasteiger partial charge in [0.05, 0.1) is 6.42 Å². The van der Waals surface area contributed by atoms with Crippen LogP contribution >= 0.6 is 0 Å². The third-order valence-corrected chi connectivity index (χ3v) is 1.77. The Bertz CT molecular complexity index is 201. The fraction of sp³-hybridized carbons (Fsp3) is 0.625. The normalized spacial score (nSPS) is 18.5. The van der Waals surface area contributed by atoms with Gasteiger partial charge in [0.1, 0.15) is 0 Å². The molecule has 1 amide bonds. The van der Waals surface area contributed by atoms with E-state index >= 15 is 0 Å². The molecule has 0 atom stereocenters. The molecule has 0 aliphatic carbocycles. The van der Waals surface area contributed by atoms with Crippen molar-refractivity contribution in [2.75, 3.05) is 0 Å². The van der Waals surface area contributed by atoms with Crippen LogP contribution in [0.3, 0.4) is 0 Å². The molecule has 3 heteroatoms. The van der Waals surface area contributed by atoms with Gasteiger partial charge in [-0.15, -0.1) is 0 Å². The lowest BCUT2D eigenvalue weighted by molar-refractivity contribution is -0.121. The van der Waals surface area contributed by atoms with Gasteiger partial charge in [0.2, 0.25) is 5.91 Å². The zero-order valence-corrected chi connectivity index (χ0v) is 7.19. The summed E-state index contributed by atoms with van der Waals surface area (Å²) >= 11 is 0. The van der Waals surface area contributed by atoms with Gasteiger partial charge < -0.3 is 5.43 Å². The van der Waals surface area contributed by atoms with E-state index in [-0.39, 0.29) is 11.3 Å². The molecule has 0 unspecified atom stereocenters. The Balaban J connectivity index is 2.73. The Kier molecular flexibility index (Phi) is 1.89. The Labute approximate surface area is 66.8 Å². The summed E-state index contributed by atoms with van der Waals surface area (Å²) in [6, 6.07) is 0. The van der Waals surface area contributed by atoms with Crippen LogP contribution < -0.4 is 10.9 Å². The Morgan fingerprint density at radius 2 is 2.09 bits per heavy atom. The quantitative estimate of drug-likeness (QED) is 0.545. The summed E-state index contributed by atoms with van der Waals surface area (Å²) in [4.78, 5) is 10.9. The van der Waals surface area contributed by atoms with Crippen LogP contribution in [0.5, 0.6) is 0 Å². The lowest BCUT2D eigenvalue weighted by atomic mass is 9.84. The lowest BCUT2D eigenvalue weighted by Crippen LogP contribution is -2.39. The molecule has 0 radical (unpaired) electrons. The van der Waals surface area contributed by atoms with Crippen molar-refractivity contribution in [1.29, 1.82) is 0 Å². The summed E-state index contributed by atoms with van der Waals surface area (Å²) in [6.45, 7) is 6.29. The van der Waals surface area contributed by atoms with E-state index in [1.165, 1.54) is 0 Å². The minimum atomic E-state index is 0.0393. The van der Waals surface area contributed by atoms with Crippen LogP contribution in [0.15, 0.2) is 11.8 Å². The molecule has 11 heavy (non-hydrogen) atoms. The molecule has 3 nitrogen and oxygen atoms in total. The van der Waals surface area contributed by atoms with Crippen LogP contribution in [0.4, 0.5) is 0 Å². The standard InChI is InChI=1S/C8H14N2O/c1-8(2,3)6-4-7(11)10-9-5-6/h5,9H,4H2,1-3H3,(H,10,11). The summed E-state index contributed by atoms with van der Waals surface area (Å²) in [7, 11) is 0. The summed E-state index contributed by atoms with van der Waals surface area (Å²) < 4.78 is 0. The summed E-state index contributed by atoms with van der Waals surface area (Å²) in [5.74, 6) is 0.0393. The van der Waals surface area contributed by atoms with Crippen molar-refractivity contribution in [2.45, 2.75) is 27.2 Å². The highest BCUT2D eigenvalue weighted by Gasteiger charge is 2.21. The Morgan fingerprint density at radius 3 is 2.45 bits per heavy atom. The van der Waals surface area contributed by atoms with E-state index in [9.17, 15) is 4.79 Å². The SMILES string of the molecule is CC(C)(C)C1=CNNC(=O)C1. The second kappa shape index (κ2) is 2.57. The van der Waals surface area contributed by atoms with E-state index < -0.39 is 0 Å². The third-order valence-electron chi connectivity index (χ3n) is 1.77. The Hall–Kier alpha value is -0.990. The number of amides is 1. The van der Waals surface area contributed by atoms with E-state index in [4.69, 9.17) is 0 Å². The molecular formula is C8H14N2O. The molecule has 1 rings (SSSR count). The number of carbonyl (C=O) groups excluding carboxylic acids is 1.